The number of morpholine rings is 1. The zero-order valence-corrected chi connectivity index (χ0v) is 8.29. The van der Waals surface area contributed by atoms with E-state index in [0.717, 1.165) is 5.01 Å². The number of hydrogen-bond acceptors (Lipinski definition) is 6. The fraction of sp³-hybridized carbons (Fsp3) is 0.571. The lowest BCUT2D eigenvalue weighted by Crippen LogP contribution is -2.40. The van der Waals surface area contributed by atoms with Crippen molar-refractivity contribution >= 4 is 22.4 Å². The quantitative estimate of drug-likeness (QED) is 0.716. The number of aromatic nitrogens is 2. The van der Waals surface area contributed by atoms with Gasteiger partial charge in [0.2, 0.25) is 11.0 Å². The van der Waals surface area contributed by atoms with Gasteiger partial charge in [-0.05, 0) is 0 Å². The van der Waals surface area contributed by atoms with E-state index in [2.05, 4.69) is 10.2 Å². The van der Waals surface area contributed by atoms with Crippen molar-refractivity contribution in [2.24, 2.45) is 0 Å². The fourth-order valence-corrected chi connectivity index (χ4v) is 1.84. The van der Waals surface area contributed by atoms with Crippen molar-refractivity contribution in [2.45, 2.75) is 6.54 Å². The summed E-state index contributed by atoms with van der Waals surface area (Å²) in [6, 6.07) is 0. The Kier molecular flexibility index (Phi) is 2.60. The van der Waals surface area contributed by atoms with E-state index in [9.17, 15) is 4.79 Å². The number of rotatable bonds is 2. The number of nitrogen functional groups attached to an aromatic ring is 1. The molecule has 2 heterocycles. The maximum absolute atomic E-state index is 11.3. The average molecular weight is 214 g/mol. The highest BCUT2D eigenvalue weighted by molar-refractivity contribution is 7.15. The summed E-state index contributed by atoms with van der Waals surface area (Å²) in [6.45, 7) is 1.84. The molecule has 1 aliphatic rings. The first-order valence-corrected chi connectivity index (χ1v) is 5.01. The minimum absolute atomic E-state index is 0.00924. The first-order valence-electron chi connectivity index (χ1n) is 4.19. The molecule has 0 aromatic carbocycles. The lowest BCUT2D eigenvalue weighted by Gasteiger charge is -2.25. The van der Waals surface area contributed by atoms with Crippen LogP contribution in [0.5, 0.6) is 0 Å². The predicted molar refractivity (Wildman–Crippen MR) is 50.6 cm³/mol. The van der Waals surface area contributed by atoms with Crippen LogP contribution in [0, 0.1) is 0 Å². The monoisotopic (exact) mass is 214 g/mol. The lowest BCUT2D eigenvalue weighted by molar-refractivity contribution is -0.143. The number of carbonyl (C=O) groups excluding carboxylic acids is 1. The van der Waals surface area contributed by atoms with Crippen LogP contribution in [0.1, 0.15) is 5.01 Å². The van der Waals surface area contributed by atoms with Gasteiger partial charge in [-0.15, -0.1) is 10.2 Å². The molecule has 0 saturated carbocycles. The van der Waals surface area contributed by atoms with Gasteiger partial charge in [-0.2, -0.15) is 0 Å². The second-order valence-corrected chi connectivity index (χ2v) is 4.00. The molecule has 0 radical (unpaired) electrons. The molecule has 0 atom stereocenters. The summed E-state index contributed by atoms with van der Waals surface area (Å²) in [7, 11) is 0. The zero-order chi connectivity index (χ0) is 9.97. The minimum Gasteiger partial charge on any atom is -0.374 e. The molecule has 1 aromatic heterocycles. The van der Waals surface area contributed by atoms with Gasteiger partial charge in [-0.25, -0.2) is 0 Å². The summed E-state index contributed by atoms with van der Waals surface area (Å²) in [5.74, 6) is -0.00924. The van der Waals surface area contributed by atoms with E-state index < -0.39 is 0 Å². The van der Waals surface area contributed by atoms with Crippen LogP contribution in [-0.4, -0.2) is 40.8 Å². The lowest BCUT2D eigenvalue weighted by atomic mass is 10.4. The van der Waals surface area contributed by atoms with Crippen LogP contribution >= 0.6 is 11.3 Å². The van der Waals surface area contributed by atoms with E-state index in [1.165, 1.54) is 11.3 Å². The first kappa shape index (κ1) is 9.35. The molecule has 6 nitrogen and oxygen atoms in total. The van der Waals surface area contributed by atoms with Crippen LogP contribution < -0.4 is 5.73 Å². The van der Waals surface area contributed by atoms with Gasteiger partial charge in [0, 0.05) is 6.54 Å². The summed E-state index contributed by atoms with van der Waals surface area (Å²) < 4.78 is 5.01. The van der Waals surface area contributed by atoms with Crippen molar-refractivity contribution in [3.63, 3.8) is 0 Å². The second-order valence-electron chi connectivity index (χ2n) is 2.90. The molecule has 1 aliphatic heterocycles. The largest absolute Gasteiger partial charge is 0.374 e. The number of amides is 1. The molecule has 7 heteroatoms. The van der Waals surface area contributed by atoms with Crippen molar-refractivity contribution in [2.75, 3.05) is 25.5 Å². The van der Waals surface area contributed by atoms with Gasteiger partial charge in [0.25, 0.3) is 0 Å². The van der Waals surface area contributed by atoms with Crippen molar-refractivity contribution in [1.29, 1.82) is 0 Å². The molecular weight excluding hydrogens is 204 g/mol. The van der Waals surface area contributed by atoms with E-state index in [4.69, 9.17) is 10.5 Å². The van der Waals surface area contributed by atoms with Crippen molar-refractivity contribution in [3.05, 3.63) is 5.01 Å². The topological polar surface area (TPSA) is 81.3 Å². The molecule has 0 aliphatic carbocycles. The van der Waals surface area contributed by atoms with Crippen molar-refractivity contribution < 1.29 is 9.53 Å². The SMILES string of the molecule is Nc1nnc(CN2CCOCC2=O)s1. The van der Waals surface area contributed by atoms with Gasteiger partial charge in [0.15, 0.2) is 0 Å². The highest BCUT2D eigenvalue weighted by Gasteiger charge is 2.19. The summed E-state index contributed by atoms with van der Waals surface area (Å²) in [5, 5.41) is 8.73. The van der Waals surface area contributed by atoms with Gasteiger partial charge < -0.3 is 15.4 Å². The third kappa shape index (κ3) is 1.99. The number of anilines is 1. The number of hydrogen-bond donors (Lipinski definition) is 1. The Balaban J connectivity index is 1.99. The van der Waals surface area contributed by atoms with Gasteiger partial charge in [0.1, 0.15) is 11.6 Å². The third-order valence-corrected chi connectivity index (χ3v) is 2.63. The molecule has 0 unspecified atom stereocenters. The van der Waals surface area contributed by atoms with Gasteiger partial charge in [0.05, 0.1) is 13.2 Å². The summed E-state index contributed by atoms with van der Waals surface area (Å²) in [6.07, 6.45) is 0. The van der Waals surface area contributed by atoms with Crippen LogP contribution in [0.4, 0.5) is 5.13 Å². The molecule has 0 bridgehead atoms. The Morgan fingerprint density at radius 1 is 1.57 bits per heavy atom. The van der Waals surface area contributed by atoms with E-state index in [-0.39, 0.29) is 12.5 Å². The van der Waals surface area contributed by atoms with Gasteiger partial charge in [-0.1, -0.05) is 11.3 Å². The van der Waals surface area contributed by atoms with Gasteiger partial charge in [-0.3, -0.25) is 4.79 Å². The number of nitrogens with zero attached hydrogens (tertiary/aromatic N) is 3. The normalized spacial score (nSPS) is 17.4. The van der Waals surface area contributed by atoms with Crippen LogP contribution in [0.2, 0.25) is 0 Å². The fourth-order valence-electron chi connectivity index (χ4n) is 1.21. The van der Waals surface area contributed by atoms with E-state index in [1.807, 2.05) is 0 Å². The number of nitrogens with two attached hydrogens (primary N) is 1. The molecule has 2 rings (SSSR count). The Morgan fingerprint density at radius 2 is 2.43 bits per heavy atom. The summed E-state index contributed by atoms with van der Waals surface area (Å²) >= 11 is 1.30. The molecule has 0 spiro atoms. The number of carbonyl (C=O) groups is 1. The van der Waals surface area contributed by atoms with Crippen LogP contribution in [-0.2, 0) is 16.1 Å². The predicted octanol–water partition coefficient (Wildman–Crippen LogP) is -0.521. The van der Waals surface area contributed by atoms with Crippen LogP contribution in [0.15, 0.2) is 0 Å². The molecule has 1 amide bonds. The Hall–Kier alpha value is -1.21. The van der Waals surface area contributed by atoms with Crippen molar-refractivity contribution in [1.82, 2.24) is 15.1 Å². The standard InChI is InChI=1S/C7H10N4O2S/c8-7-10-9-5(14-7)3-11-1-2-13-4-6(11)12/h1-4H2,(H2,8,10). The highest BCUT2D eigenvalue weighted by atomic mass is 32.1. The molecule has 1 aromatic rings. The minimum atomic E-state index is -0.00924. The van der Waals surface area contributed by atoms with Crippen LogP contribution in [0.25, 0.3) is 0 Å². The Labute approximate surface area is 84.7 Å². The molecule has 1 saturated heterocycles. The summed E-state index contributed by atoms with van der Waals surface area (Å²) in [5.41, 5.74) is 5.44. The van der Waals surface area contributed by atoms with E-state index in [0.29, 0.717) is 24.8 Å². The molecule has 76 valence electrons. The highest BCUT2D eigenvalue weighted by Crippen LogP contribution is 2.14. The molecule has 2 N–H and O–H groups in total. The smallest absolute Gasteiger partial charge is 0.249 e. The summed E-state index contributed by atoms with van der Waals surface area (Å²) in [4.78, 5) is 13.0. The second kappa shape index (κ2) is 3.89. The third-order valence-electron chi connectivity index (χ3n) is 1.89. The van der Waals surface area contributed by atoms with Crippen molar-refractivity contribution in [3.8, 4) is 0 Å². The molecule has 1 fully saturated rings. The maximum atomic E-state index is 11.3. The Morgan fingerprint density at radius 3 is 3.07 bits per heavy atom. The average Bonchev–Trinajstić information content (AvgIpc) is 2.56. The van der Waals surface area contributed by atoms with Crippen LogP contribution in [0.3, 0.4) is 0 Å². The number of ether oxygens (including phenoxy) is 1. The molecular formula is C7H10N4O2S. The van der Waals surface area contributed by atoms with E-state index >= 15 is 0 Å². The Bertz CT molecular complexity index is 340. The molecule has 14 heavy (non-hydrogen) atoms. The first-order chi connectivity index (χ1) is 6.75. The maximum Gasteiger partial charge on any atom is 0.249 e. The van der Waals surface area contributed by atoms with E-state index in [1.54, 1.807) is 4.90 Å². The zero-order valence-electron chi connectivity index (χ0n) is 7.47. The van der Waals surface area contributed by atoms with Gasteiger partial charge >= 0.3 is 0 Å².